The molecule has 0 aliphatic rings. The third kappa shape index (κ3) is 3.26. The molecule has 0 saturated carbocycles. The fraction of sp³-hybridized carbons (Fsp3) is 0.357. The van der Waals surface area contributed by atoms with Gasteiger partial charge in [0, 0.05) is 15.4 Å². The molecule has 1 N–H and O–H groups in total. The van der Waals surface area contributed by atoms with Crippen LogP contribution in [0.1, 0.15) is 34.1 Å². The highest BCUT2D eigenvalue weighted by Crippen LogP contribution is 2.26. The van der Waals surface area contributed by atoms with Gasteiger partial charge in [-0.2, -0.15) is 0 Å². The zero-order valence-corrected chi connectivity index (χ0v) is 13.6. The standard InChI is InChI=1S/C14H18N2O2S2/c1-9-6-5-7-13(15-9)11(3)16-20(17,18)14-8-10(2)19-12(14)4/h5-8,11,16H,1-4H3/t11-/m1/s1. The molecule has 0 amide bonds. The summed E-state index contributed by atoms with van der Waals surface area (Å²) in [6.07, 6.45) is 0. The van der Waals surface area contributed by atoms with E-state index < -0.39 is 10.0 Å². The highest BCUT2D eigenvalue weighted by atomic mass is 32.2. The third-order valence-corrected chi connectivity index (χ3v) is 5.73. The first-order valence-electron chi connectivity index (χ1n) is 6.32. The molecule has 20 heavy (non-hydrogen) atoms. The Morgan fingerprint density at radius 3 is 2.50 bits per heavy atom. The highest BCUT2D eigenvalue weighted by molar-refractivity contribution is 7.89. The van der Waals surface area contributed by atoms with Gasteiger partial charge in [-0.1, -0.05) is 6.07 Å². The lowest BCUT2D eigenvalue weighted by Crippen LogP contribution is -2.27. The molecule has 0 aromatic carbocycles. The largest absolute Gasteiger partial charge is 0.256 e. The highest BCUT2D eigenvalue weighted by Gasteiger charge is 2.22. The molecule has 4 nitrogen and oxygen atoms in total. The average molecular weight is 310 g/mol. The fourth-order valence-electron chi connectivity index (χ4n) is 2.04. The zero-order valence-electron chi connectivity index (χ0n) is 12.0. The summed E-state index contributed by atoms with van der Waals surface area (Å²) in [5, 5.41) is 0. The van der Waals surface area contributed by atoms with E-state index in [1.54, 1.807) is 13.0 Å². The number of thiophene rings is 1. The van der Waals surface area contributed by atoms with Crippen LogP contribution in [0.4, 0.5) is 0 Å². The second-order valence-corrected chi connectivity index (χ2v) is 7.97. The lowest BCUT2D eigenvalue weighted by atomic mass is 10.2. The van der Waals surface area contributed by atoms with Crippen molar-refractivity contribution in [3.05, 3.63) is 45.4 Å². The van der Waals surface area contributed by atoms with Crippen LogP contribution in [0.2, 0.25) is 0 Å². The van der Waals surface area contributed by atoms with Crippen LogP contribution >= 0.6 is 11.3 Å². The second kappa shape index (κ2) is 5.63. The van der Waals surface area contributed by atoms with Crippen molar-refractivity contribution in [2.75, 3.05) is 0 Å². The Morgan fingerprint density at radius 1 is 1.25 bits per heavy atom. The number of sulfonamides is 1. The molecule has 2 heterocycles. The Hall–Kier alpha value is -1.24. The van der Waals surface area contributed by atoms with Gasteiger partial charge < -0.3 is 0 Å². The normalized spacial score (nSPS) is 13.4. The minimum atomic E-state index is -3.51. The van der Waals surface area contributed by atoms with E-state index in [1.807, 2.05) is 39.0 Å². The minimum Gasteiger partial charge on any atom is -0.256 e. The van der Waals surface area contributed by atoms with Crippen LogP contribution in [0.15, 0.2) is 29.2 Å². The molecule has 108 valence electrons. The summed E-state index contributed by atoms with van der Waals surface area (Å²) in [6.45, 7) is 7.41. The van der Waals surface area contributed by atoms with Gasteiger partial charge in [-0.15, -0.1) is 11.3 Å². The fourth-order valence-corrected chi connectivity index (χ4v) is 4.81. The van der Waals surface area contributed by atoms with Crippen molar-refractivity contribution >= 4 is 21.4 Å². The number of hydrogen-bond acceptors (Lipinski definition) is 4. The van der Waals surface area contributed by atoms with E-state index in [-0.39, 0.29) is 6.04 Å². The third-order valence-electron chi connectivity index (χ3n) is 2.97. The molecule has 0 spiro atoms. The van der Waals surface area contributed by atoms with Gasteiger partial charge in [-0.05, 0) is 45.9 Å². The van der Waals surface area contributed by atoms with Crippen molar-refractivity contribution in [3.63, 3.8) is 0 Å². The average Bonchev–Trinajstić information content (AvgIpc) is 2.69. The van der Waals surface area contributed by atoms with Crippen LogP contribution in [0.3, 0.4) is 0 Å². The Kier molecular flexibility index (Phi) is 4.27. The lowest BCUT2D eigenvalue weighted by Gasteiger charge is -2.14. The van der Waals surface area contributed by atoms with Crippen molar-refractivity contribution in [1.82, 2.24) is 9.71 Å². The van der Waals surface area contributed by atoms with E-state index in [2.05, 4.69) is 9.71 Å². The van der Waals surface area contributed by atoms with Crippen molar-refractivity contribution < 1.29 is 8.42 Å². The lowest BCUT2D eigenvalue weighted by molar-refractivity contribution is 0.563. The first-order valence-corrected chi connectivity index (χ1v) is 8.62. The van der Waals surface area contributed by atoms with E-state index in [0.717, 1.165) is 21.1 Å². The van der Waals surface area contributed by atoms with Crippen LogP contribution < -0.4 is 4.72 Å². The van der Waals surface area contributed by atoms with E-state index >= 15 is 0 Å². The van der Waals surface area contributed by atoms with Gasteiger partial charge in [0.15, 0.2) is 0 Å². The summed E-state index contributed by atoms with van der Waals surface area (Å²) in [5.74, 6) is 0. The van der Waals surface area contributed by atoms with Gasteiger partial charge in [0.2, 0.25) is 10.0 Å². The summed E-state index contributed by atoms with van der Waals surface area (Å²) in [6, 6.07) is 6.93. The van der Waals surface area contributed by atoms with E-state index in [1.165, 1.54) is 11.3 Å². The van der Waals surface area contributed by atoms with Crippen LogP contribution in [-0.4, -0.2) is 13.4 Å². The zero-order chi connectivity index (χ0) is 14.9. The SMILES string of the molecule is Cc1cccc([C@@H](C)NS(=O)(=O)c2cc(C)sc2C)n1. The number of nitrogens with one attached hydrogen (secondary N) is 1. The van der Waals surface area contributed by atoms with Crippen LogP contribution in [-0.2, 0) is 10.0 Å². The summed E-state index contributed by atoms with van der Waals surface area (Å²) in [5.41, 5.74) is 1.59. The molecule has 0 bridgehead atoms. The number of aromatic nitrogens is 1. The summed E-state index contributed by atoms with van der Waals surface area (Å²) >= 11 is 1.49. The topological polar surface area (TPSA) is 59.1 Å². The number of aryl methyl sites for hydroxylation is 3. The van der Waals surface area contributed by atoms with Crippen molar-refractivity contribution in [1.29, 1.82) is 0 Å². The molecule has 1 atom stereocenters. The first-order chi connectivity index (χ1) is 9.29. The van der Waals surface area contributed by atoms with Crippen molar-refractivity contribution in [3.8, 4) is 0 Å². The summed E-state index contributed by atoms with van der Waals surface area (Å²) in [4.78, 5) is 6.51. The van der Waals surface area contributed by atoms with Gasteiger partial charge >= 0.3 is 0 Å². The summed E-state index contributed by atoms with van der Waals surface area (Å²) < 4.78 is 27.5. The maximum atomic E-state index is 12.4. The van der Waals surface area contributed by atoms with Gasteiger partial charge in [0.1, 0.15) is 0 Å². The molecule has 0 saturated heterocycles. The Balaban J connectivity index is 2.27. The van der Waals surface area contributed by atoms with E-state index in [9.17, 15) is 8.42 Å². The molecule has 2 rings (SSSR count). The molecule has 2 aromatic rings. The van der Waals surface area contributed by atoms with Crippen LogP contribution in [0, 0.1) is 20.8 Å². The molecule has 6 heteroatoms. The van der Waals surface area contributed by atoms with Gasteiger partial charge in [-0.25, -0.2) is 13.1 Å². The van der Waals surface area contributed by atoms with Gasteiger partial charge in [0.05, 0.1) is 16.6 Å². The van der Waals surface area contributed by atoms with Gasteiger partial charge in [0.25, 0.3) is 0 Å². The van der Waals surface area contributed by atoms with E-state index in [4.69, 9.17) is 0 Å². The number of rotatable bonds is 4. The first kappa shape index (κ1) is 15.2. The quantitative estimate of drug-likeness (QED) is 0.944. The molecule has 2 aromatic heterocycles. The molecule has 0 aliphatic heterocycles. The summed E-state index contributed by atoms with van der Waals surface area (Å²) in [7, 11) is -3.51. The Bertz CT molecular complexity index is 721. The monoisotopic (exact) mass is 310 g/mol. The van der Waals surface area contributed by atoms with Crippen molar-refractivity contribution in [2.45, 2.75) is 38.6 Å². The predicted molar refractivity (Wildman–Crippen MR) is 81.5 cm³/mol. The van der Waals surface area contributed by atoms with Crippen molar-refractivity contribution in [2.24, 2.45) is 0 Å². The van der Waals surface area contributed by atoms with E-state index in [0.29, 0.717) is 4.90 Å². The predicted octanol–water partition coefficient (Wildman–Crippen LogP) is 3.11. The second-order valence-electron chi connectivity index (χ2n) is 4.82. The molecule has 0 fully saturated rings. The van der Waals surface area contributed by atoms with Crippen LogP contribution in [0.5, 0.6) is 0 Å². The smallest absolute Gasteiger partial charge is 0.242 e. The van der Waals surface area contributed by atoms with Gasteiger partial charge in [-0.3, -0.25) is 4.98 Å². The number of pyridine rings is 1. The molecular formula is C14H18N2O2S2. The molecular weight excluding hydrogens is 292 g/mol. The maximum absolute atomic E-state index is 12.4. The van der Waals surface area contributed by atoms with Crippen LogP contribution in [0.25, 0.3) is 0 Å². The number of hydrogen-bond donors (Lipinski definition) is 1. The maximum Gasteiger partial charge on any atom is 0.242 e. The Morgan fingerprint density at radius 2 is 1.95 bits per heavy atom. The minimum absolute atomic E-state index is 0.361. The molecule has 0 unspecified atom stereocenters. The Labute approximate surface area is 123 Å². The molecule has 0 radical (unpaired) electrons. The number of nitrogens with zero attached hydrogens (tertiary/aromatic N) is 1. The molecule has 0 aliphatic carbocycles.